The quantitative estimate of drug-likeness (QED) is 0.776. The molecule has 0 unspecified atom stereocenters. The lowest BCUT2D eigenvalue weighted by atomic mass is 10.0. The molecule has 3 aromatic rings. The molecule has 6 nitrogen and oxygen atoms in total. The highest BCUT2D eigenvalue weighted by Gasteiger charge is 2.19. The number of amides is 1. The summed E-state index contributed by atoms with van der Waals surface area (Å²) in [5.74, 6) is -0.133. The number of hydrazine groups is 1. The first-order valence-corrected chi connectivity index (χ1v) is 9.09. The monoisotopic (exact) mass is 362 g/mol. The molecule has 1 saturated heterocycles. The Balaban J connectivity index is 1.82. The number of benzene rings is 1. The van der Waals surface area contributed by atoms with Crippen molar-refractivity contribution in [3.63, 3.8) is 0 Å². The zero-order valence-electron chi connectivity index (χ0n) is 15.5. The van der Waals surface area contributed by atoms with E-state index in [0.717, 1.165) is 27.7 Å². The number of fused-ring (bicyclic) bond motifs is 1. The molecule has 3 heterocycles. The number of hydrogen-bond acceptors (Lipinski definition) is 5. The van der Waals surface area contributed by atoms with E-state index in [2.05, 4.69) is 16.5 Å². The van der Waals surface area contributed by atoms with Crippen LogP contribution in [0.4, 0.5) is 0 Å². The zero-order valence-corrected chi connectivity index (χ0v) is 15.5. The molecule has 1 aliphatic heterocycles. The van der Waals surface area contributed by atoms with Gasteiger partial charge in [-0.05, 0) is 43.7 Å². The predicted octanol–water partition coefficient (Wildman–Crippen LogP) is 2.89. The van der Waals surface area contributed by atoms with Crippen molar-refractivity contribution in [3.8, 4) is 11.4 Å². The van der Waals surface area contributed by atoms with Crippen LogP contribution < -0.4 is 5.43 Å². The summed E-state index contributed by atoms with van der Waals surface area (Å²) in [5.41, 5.74) is 8.05. The highest BCUT2D eigenvalue weighted by molar-refractivity contribution is 6.07. The van der Waals surface area contributed by atoms with Gasteiger partial charge in [0.15, 0.2) is 0 Å². The summed E-state index contributed by atoms with van der Waals surface area (Å²) in [5, 5.41) is 2.76. The lowest BCUT2D eigenvalue weighted by Crippen LogP contribution is -2.48. The van der Waals surface area contributed by atoms with Crippen molar-refractivity contribution in [3.05, 3.63) is 59.3 Å². The summed E-state index contributed by atoms with van der Waals surface area (Å²) in [6.07, 6.45) is 1.73. The molecule has 1 aromatic carbocycles. The Morgan fingerprint density at radius 2 is 1.93 bits per heavy atom. The van der Waals surface area contributed by atoms with Gasteiger partial charge in [-0.1, -0.05) is 17.7 Å². The number of pyridine rings is 2. The second kappa shape index (κ2) is 7.42. The summed E-state index contributed by atoms with van der Waals surface area (Å²) in [4.78, 5) is 22.3. The second-order valence-electron chi connectivity index (χ2n) is 6.79. The number of rotatable bonds is 3. The Kier molecular flexibility index (Phi) is 4.83. The van der Waals surface area contributed by atoms with Crippen LogP contribution in [0, 0.1) is 13.8 Å². The van der Waals surface area contributed by atoms with Crippen molar-refractivity contribution in [2.24, 2.45) is 0 Å². The molecule has 1 aliphatic rings. The molecule has 4 rings (SSSR count). The minimum Gasteiger partial charge on any atom is -0.379 e. The van der Waals surface area contributed by atoms with E-state index in [1.54, 1.807) is 6.20 Å². The van der Waals surface area contributed by atoms with Gasteiger partial charge in [0.05, 0.1) is 35.7 Å². The first-order valence-electron chi connectivity index (χ1n) is 9.09. The summed E-state index contributed by atoms with van der Waals surface area (Å²) in [6.45, 7) is 6.65. The molecule has 0 bridgehead atoms. The van der Waals surface area contributed by atoms with E-state index < -0.39 is 0 Å². The van der Waals surface area contributed by atoms with Gasteiger partial charge in [0.1, 0.15) is 0 Å². The molecule has 2 aromatic heterocycles. The summed E-state index contributed by atoms with van der Waals surface area (Å²) in [7, 11) is 0. The molecular weight excluding hydrogens is 340 g/mol. The number of aryl methyl sites for hydroxylation is 2. The van der Waals surface area contributed by atoms with Crippen LogP contribution in [0.1, 0.15) is 21.5 Å². The number of carbonyl (C=O) groups excluding carboxylic acids is 1. The fourth-order valence-corrected chi connectivity index (χ4v) is 3.39. The number of morpholine rings is 1. The van der Waals surface area contributed by atoms with Gasteiger partial charge in [-0.2, -0.15) is 0 Å². The van der Waals surface area contributed by atoms with E-state index in [9.17, 15) is 4.79 Å². The van der Waals surface area contributed by atoms with Gasteiger partial charge in [0.2, 0.25) is 0 Å². The van der Waals surface area contributed by atoms with Crippen LogP contribution in [0.15, 0.2) is 42.6 Å². The average molecular weight is 362 g/mol. The maximum atomic E-state index is 13.1. The lowest BCUT2D eigenvalue weighted by Gasteiger charge is -2.27. The molecule has 1 amide bonds. The SMILES string of the molecule is Cc1cc(C)c2nc(-c3ccccn3)cc(C(=O)NN3CCOCC3)c2c1. The van der Waals surface area contributed by atoms with Gasteiger partial charge in [0, 0.05) is 24.7 Å². The zero-order chi connectivity index (χ0) is 18.8. The summed E-state index contributed by atoms with van der Waals surface area (Å²) < 4.78 is 5.35. The van der Waals surface area contributed by atoms with Crippen LogP contribution in [0.3, 0.4) is 0 Å². The highest BCUT2D eigenvalue weighted by atomic mass is 16.5. The van der Waals surface area contributed by atoms with Crippen molar-refractivity contribution >= 4 is 16.8 Å². The first kappa shape index (κ1) is 17.6. The Hall–Kier alpha value is -2.83. The Morgan fingerprint density at radius 1 is 1.11 bits per heavy atom. The third kappa shape index (κ3) is 3.67. The van der Waals surface area contributed by atoms with E-state index >= 15 is 0 Å². The van der Waals surface area contributed by atoms with E-state index in [4.69, 9.17) is 9.72 Å². The smallest absolute Gasteiger partial charge is 0.266 e. The average Bonchev–Trinajstić information content (AvgIpc) is 2.68. The molecule has 0 spiro atoms. The number of nitrogens with one attached hydrogen (secondary N) is 1. The molecule has 6 heteroatoms. The third-order valence-corrected chi connectivity index (χ3v) is 4.69. The van der Waals surface area contributed by atoms with Gasteiger partial charge in [0.25, 0.3) is 5.91 Å². The van der Waals surface area contributed by atoms with Crippen molar-refractivity contribution in [1.82, 2.24) is 20.4 Å². The van der Waals surface area contributed by atoms with Crippen LogP contribution >= 0.6 is 0 Å². The van der Waals surface area contributed by atoms with Crippen molar-refractivity contribution < 1.29 is 9.53 Å². The first-order chi connectivity index (χ1) is 13.1. The fraction of sp³-hybridized carbons (Fsp3) is 0.286. The molecule has 1 N–H and O–H groups in total. The van der Waals surface area contributed by atoms with Crippen molar-refractivity contribution in [2.75, 3.05) is 26.3 Å². The molecule has 1 fully saturated rings. The maximum absolute atomic E-state index is 13.1. The molecule has 27 heavy (non-hydrogen) atoms. The summed E-state index contributed by atoms with van der Waals surface area (Å²) in [6, 6.07) is 11.6. The molecule has 0 radical (unpaired) electrons. The van der Waals surface area contributed by atoms with Crippen molar-refractivity contribution in [2.45, 2.75) is 13.8 Å². The van der Waals surface area contributed by atoms with Crippen LogP contribution in [-0.2, 0) is 4.74 Å². The molecule has 138 valence electrons. The van der Waals surface area contributed by atoms with Crippen LogP contribution in [0.2, 0.25) is 0 Å². The van der Waals surface area contributed by atoms with E-state index in [1.807, 2.05) is 49.2 Å². The second-order valence-corrected chi connectivity index (χ2v) is 6.79. The summed E-state index contributed by atoms with van der Waals surface area (Å²) >= 11 is 0. The Labute approximate surface area is 158 Å². The number of hydrogen-bond donors (Lipinski definition) is 1. The van der Waals surface area contributed by atoms with Gasteiger partial charge >= 0.3 is 0 Å². The third-order valence-electron chi connectivity index (χ3n) is 4.69. The number of carbonyl (C=O) groups is 1. The highest BCUT2D eigenvalue weighted by Crippen LogP contribution is 2.27. The van der Waals surface area contributed by atoms with E-state index in [0.29, 0.717) is 37.6 Å². The minimum absolute atomic E-state index is 0.133. The van der Waals surface area contributed by atoms with Gasteiger partial charge in [-0.15, -0.1) is 0 Å². The molecule has 0 atom stereocenters. The van der Waals surface area contributed by atoms with Gasteiger partial charge in [-0.25, -0.2) is 9.99 Å². The Bertz CT molecular complexity index is 982. The fourth-order valence-electron chi connectivity index (χ4n) is 3.39. The topological polar surface area (TPSA) is 67.4 Å². The van der Waals surface area contributed by atoms with Gasteiger partial charge < -0.3 is 4.74 Å². The van der Waals surface area contributed by atoms with Crippen molar-refractivity contribution in [1.29, 1.82) is 0 Å². The lowest BCUT2D eigenvalue weighted by molar-refractivity contribution is 0.0127. The number of nitrogens with zero attached hydrogens (tertiary/aromatic N) is 3. The molecule has 0 saturated carbocycles. The Morgan fingerprint density at radius 3 is 2.67 bits per heavy atom. The van der Waals surface area contributed by atoms with Crippen LogP contribution in [0.25, 0.3) is 22.3 Å². The number of ether oxygens (including phenoxy) is 1. The van der Waals surface area contributed by atoms with Crippen LogP contribution in [0.5, 0.6) is 0 Å². The van der Waals surface area contributed by atoms with Gasteiger partial charge in [-0.3, -0.25) is 15.2 Å². The van der Waals surface area contributed by atoms with Crippen LogP contribution in [-0.4, -0.2) is 47.2 Å². The maximum Gasteiger partial charge on any atom is 0.266 e. The minimum atomic E-state index is -0.133. The largest absolute Gasteiger partial charge is 0.379 e. The molecule has 0 aliphatic carbocycles. The normalized spacial score (nSPS) is 15.0. The molecular formula is C21H22N4O2. The predicted molar refractivity (Wildman–Crippen MR) is 104 cm³/mol. The number of aromatic nitrogens is 2. The van der Waals surface area contributed by atoms with E-state index in [-0.39, 0.29) is 5.91 Å². The standard InChI is InChI=1S/C21H22N4O2/c1-14-11-15(2)20-16(12-14)17(21(26)24-25-7-9-27-10-8-25)13-19(23-20)18-5-3-4-6-22-18/h3-6,11-13H,7-10H2,1-2H3,(H,24,26). The van der Waals surface area contributed by atoms with E-state index in [1.165, 1.54) is 0 Å².